The maximum absolute atomic E-state index is 13.0. The molecule has 0 heterocycles. The van der Waals surface area contributed by atoms with Gasteiger partial charge in [-0.3, -0.25) is 4.74 Å². The van der Waals surface area contributed by atoms with Gasteiger partial charge >= 0.3 is 6.36 Å². The molecule has 2 aliphatic rings. The summed E-state index contributed by atoms with van der Waals surface area (Å²) in [6.45, 7) is 0. The number of benzene rings is 1. The fourth-order valence-corrected chi connectivity index (χ4v) is 4.12. The van der Waals surface area contributed by atoms with Crippen molar-refractivity contribution in [3.05, 3.63) is 59.7 Å². The van der Waals surface area contributed by atoms with Crippen molar-refractivity contribution in [3.63, 3.8) is 0 Å². The highest BCUT2D eigenvalue weighted by Gasteiger charge is 2.42. The highest BCUT2D eigenvalue weighted by atomic mass is 19.4. The van der Waals surface area contributed by atoms with E-state index in [4.69, 9.17) is 0 Å². The van der Waals surface area contributed by atoms with Gasteiger partial charge in [0.25, 0.3) is 0 Å². The van der Waals surface area contributed by atoms with Gasteiger partial charge in [-0.1, -0.05) is 87.1 Å². The molecule has 28 heavy (non-hydrogen) atoms. The number of unbranched alkanes of at least 4 members (excludes halogenated alkanes) is 1. The van der Waals surface area contributed by atoms with Gasteiger partial charge in [-0.25, -0.2) is 0 Å². The summed E-state index contributed by atoms with van der Waals surface area (Å²) in [5.41, 5.74) is 0.314. The van der Waals surface area contributed by atoms with Crippen LogP contribution in [0.15, 0.2) is 54.1 Å². The molecule has 1 fully saturated rings. The molecule has 0 bridgehead atoms. The molecule has 0 aromatic heterocycles. The van der Waals surface area contributed by atoms with Crippen LogP contribution in [0.2, 0.25) is 0 Å². The van der Waals surface area contributed by atoms with Crippen LogP contribution in [0.4, 0.5) is 13.2 Å². The Balaban J connectivity index is 1.59. The zero-order valence-electron chi connectivity index (χ0n) is 16.1. The molecule has 1 aromatic rings. The van der Waals surface area contributed by atoms with Gasteiger partial charge in [0.05, 0.1) is 5.60 Å². The lowest BCUT2D eigenvalue weighted by Crippen LogP contribution is -2.37. The first-order valence-electron chi connectivity index (χ1n) is 10.2. The fraction of sp³-hybridized carbons (Fsp3) is 0.500. The average molecular weight is 388 g/mol. The van der Waals surface area contributed by atoms with E-state index in [1.165, 1.54) is 25.7 Å². The normalized spacial score (nSPS) is 22.6. The highest BCUT2D eigenvalue weighted by Crippen LogP contribution is 2.37. The number of hydrogen-bond donors (Lipinski definition) is 0. The number of rotatable bonds is 6. The van der Waals surface area contributed by atoms with E-state index in [1.807, 2.05) is 30.3 Å². The minimum atomic E-state index is -4.64. The van der Waals surface area contributed by atoms with Crippen molar-refractivity contribution in [2.24, 2.45) is 5.92 Å². The lowest BCUT2D eigenvalue weighted by Gasteiger charge is -2.33. The summed E-state index contributed by atoms with van der Waals surface area (Å²) in [5, 5.41) is 0. The molecule has 150 valence electrons. The quantitative estimate of drug-likeness (QED) is 0.378. The van der Waals surface area contributed by atoms with E-state index < -0.39 is 12.0 Å². The molecule has 1 saturated carbocycles. The summed E-state index contributed by atoms with van der Waals surface area (Å²) in [7, 11) is 0. The summed E-state index contributed by atoms with van der Waals surface area (Å²) in [6, 6.07) is 9.54. The highest BCUT2D eigenvalue weighted by molar-refractivity contribution is 5.47. The number of halogens is 3. The first kappa shape index (κ1) is 20.7. The second-order valence-electron chi connectivity index (χ2n) is 7.82. The Kier molecular flexibility index (Phi) is 7.02. The molecule has 3 rings (SSSR count). The van der Waals surface area contributed by atoms with Crippen LogP contribution in [-0.2, 0) is 4.74 Å². The lowest BCUT2D eigenvalue weighted by atomic mass is 9.86. The van der Waals surface area contributed by atoms with Crippen LogP contribution in [0.25, 0.3) is 0 Å². The van der Waals surface area contributed by atoms with E-state index >= 15 is 0 Å². The van der Waals surface area contributed by atoms with Crippen LogP contribution in [0.3, 0.4) is 0 Å². The van der Waals surface area contributed by atoms with E-state index in [1.54, 1.807) is 18.2 Å². The Hall–Kier alpha value is -1.99. The summed E-state index contributed by atoms with van der Waals surface area (Å²) >= 11 is 0. The predicted octanol–water partition coefficient (Wildman–Crippen LogP) is 6.95. The fourth-order valence-electron chi connectivity index (χ4n) is 4.12. The van der Waals surface area contributed by atoms with Crippen molar-refractivity contribution in [2.75, 3.05) is 0 Å². The molecule has 4 heteroatoms. The molecule has 1 aromatic carbocycles. The molecule has 0 radical (unpaired) electrons. The van der Waals surface area contributed by atoms with E-state index in [0.717, 1.165) is 36.3 Å². The molecule has 0 amide bonds. The second kappa shape index (κ2) is 9.47. The molecule has 2 aliphatic carbocycles. The number of hydrogen-bond acceptors (Lipinski definition) is 1. The Morgan fingerprint density at radius 2 is 1.79 bits per heavy atom. The summed E-state index contributed by atoms with van der Waals surface area (Å²) in [6.07, 6.45) is 8.90. The van der Waals surface area contributed by atoms with Gasteiger partial charge in [0.1, 0.15) is 0 Å². The largest absolute Gasteiger partial charge is 0.523 e. The van der Waals surface area contributed by atoms with E-state index in [-0.39, 0.29) is 6.42 Å². The van der Waals surface area contributed by atoms with Crippen LogP contribution in [0, 0.1) is 17.8 Å². The predicted molar refractivity (Wildman–Crippen MR) is 105 cm³/mol. The van der Waals surface area contributed by atoms with Gasteiger partial charge in [0, 0.05) is 11.1 Å². The third-order valence-electron chi connectivity index (χ3n) is 5.62. The maximum Gasteiger partial charge on any atom is 0.523 e. The summed E-state index contributed by atoms with van der Waals surface area (Å²) < 4.78 is 43.6. The molecular formula is C24H27F3O. The van der Waals surface area contributed by atoms with Crippen molar-refractivity contribution < 1.29 is 17.9 Å². The van der Waals surface area contributed by atoms with Crippen molar-refractivity contribution >= 4 is 0 Å². The van der Waals surface area contributed by atoms with Gasteiger partial charge in [-0.15, -0.1) is 13.2 Å². The molecule has 1 unspecified atom stereocenters. The lowest BCUT2D eigenvalue weighted by molar-refractivity contribution is -0.359. The van der Waals surface area contributed by atoms with Crippen LogP contribution in [0.1, 0.15) is 63.4 Å². The molecular weight excluding hydrogens is 361 g/mol. The molecule has 1 nitrogen and oxygen atoms in total. The topological polar surface area (TPSA) is 9.23 Å². The Morgan fingerprint density at radius 1 is 1.04 bits per heavy atom. The first-order chi connectivity index (χ1) is 13.4. The standard InChI is InChI=1S/C24H27F3O/c25-24(26,27)28-23(17-7-6-12-20-10-4-5-11-20)18-15-22(16-19-23)14-13-21-8-2-1-3-9-21/h1-3,8-9,15-16,18,20H,4-7,10-12,17,19H2. The smallest absolute Gasteiger partial charge is 0.281 e. The molecule has 0 aliphatic heterocycles. The molecule has 0 spiro atoms. The zero-order valence-corrected chi connectivity index (χ0v) is 16.1. The third kappa shape index (κ3) is 6.56. The number of allylic oxidation sites excluding steroid dienone is 2. The SMILES string of the molecule is FC(F)(F)OC1(CCCCC2CCCC2)C=CC(C#Cc2ccccc2)=CC1. The van der Waals surface area contributed by atoms with Crippen molar-refractivity contribution in [1.29, 1.82) is 0 Å². The van der Waals surface area contributed by atoms with Crippen LogP contribution in [-0.4, -0.2) is 12.0 Å². The van der Waals surface area contributed by atoms with Gasteiger partial charge in [-0.2, -0.15) is 0 Å². The number of alkyl halides is 3. The van der Waals surface area contributed by atoms with Crippen LogP contribution < -0.4 is 0 Å². The molecule has 0 saturated heterocycles. The van der Waals surface area contributed by atoms with Crippen LogP contribution >= 0.6 is 0 Å². The summed E-state index contributed by atoms with van der Waals surface area (Å²) in [4.78, 5) is 0. The van der Waals surface area contributed by atoms with E-state index in [0.29, 0.717) is 6.42 Å². The Labute approximate surface area is 165 Å². The second-order valence-corrected chi connectivity index (χ2v) is 7.82. The number of ether oxygens (including phenoxy) is 1. The van der Waals surface area contributed by atoms with E-state index in [2.05, 4.69) is 16.6 Å². The molecule has 1 atom stereocenters. The monoisotopic (exact) mass is 388 g/mol. The van der Waals surface area contributed by atoms with Crippen molar-refractivity contribution in [2.45, 2.75) is 69.8 Å². The van der Waals surface area contributed by atoms with Crippen molar-refractivity contribution in [1.82, 2.24) is 0 Å². The van der Waals surface area contributed by atoms with E-state index in [9.17, 15) is 13.2 Å². The summed E-state index contributed by atoms with van der Waals surface area (Å²) in [5.74, 6) is 6.84. The first-order valence-corrected chi connectivity index (χ1v) is 10.2. The third-order valence-corrected chi connectivity index (χ3v) is 5.62. The van der Waals surface area contributed by atoms with Gasteiger partial charge < -0.3 is 0 Å². The Bertz CT molecular complexity index is 746. The van der Waals surface area contributed by atoms with Crippen LogP contribution in [0.5, 0.6) is 0 Å². The average Bonchev–Trinajstić information content (AvgIpc) is 3.18. The Morgan fingerprint density at radius 3 is 2.43 bits per heavy atom. The minimum absolute atomic E-state index is 0.200. The molecule has 0 N–H and O–H groups in total. The van der Waals surface area contributed by atoms with Gasteiger partial charge in [-0.05, 0) is 37.0 Å². The van der Waals surface area contributed by atoms with Crippen molar-refractivity contribution in [3.8, 4) is 11.8 Å². The minimum Gasteiger partial charge on any atom is -0.281 e. The van der Waals surface area contributed by atoms with Gasteiger partial charge in [0.15, 0.2) is 0 Å². The zero-order chi connectivity index (χ0) is 19.9. The maximum atomic E-state index is 13.0. The van der Waals surface area contributed by atoms with Gasteiger partial charge in [0.2, 0.25) is 0 Å².